The number of nitrogens with one attached hydrogen (secondary N) is 1. The van der Waals surface area contributed by atoms with Crippen molar-refractivity contribution in [2.24, 2.45) is 0 Å². The van der Waals surface area contributed by atoms with Gasteiger partial charge in [0.25, 0.3) is 0 Å². The number of para-hydroxylation sites is 1. The van der Waals surface area contributed by atoms with Crippen LogP contribution in [0.3, 0.4) is 0 Å². The van der Waals surface area contributed by atoms with E-state index in [2.05, 4.69) is 151 Å². The summed E-state index contributed by atoms with van der Waals surface area (Å²) < 4.78 is 12.6. The monoisotopic (exact) mass is 627 g/mol. The van der Waals surface area contributed by atoms with Crippen molar-refractivity contribution in [3.05, 3.63) is 170 Å². The van der Waals surface area contributed by atoms with Crippen LogP contribution in [-0.4, -0.2) is 0 Å². The lowest BCUT2D eigenvalue weighted by atomic mass is 9.95. The van der Waals surface area contributed by atoms with E-state index in [1.165, 1.54) is 21.9 Å². The minimum Gasteiger partial charge on any atom is -0.456 e. The molecule has 2 heterocycles. The molecule has 0 aliphatic rings. The number of benzene rings is 8. The molecule has 2 aromatic heterocycles. The molecule has 3 heteroatoms. The van der Waals surface area contributed by atoms with Crippen molar-refractivity contribution in [3.8, 4) is 33.4 Å². The van der Waals surface area contributed by atoms with Crippen LogP contribution in [0.1, 0.15) is 0 Å². The molecular formula is C46H29NO2. The SMILES string of the molecule is c1ccc2cc(-c3ccc(-c4cccc5oc6cccc(Nc7ccc(-c8ccc9c(c8)oc8ccccc89)cc7)c6c45)cc3)ccc2c1. The molecule has 1 N–H and O–H groups in total. The zero-order valence-electron chi connectivity index (χ0n) is 26.5. The summed E-state index contributed by atoms with van der Waals surface area (Å²) in [7, 11) is 0. The van der Waals surface area contributed by atoms with E-state index in [1.807, 2.05) is 24.3 Å². The highest BCUT2D eigenvalue weighted by atomic mass is 16.3. The molecule has 0 radical (unpaired) electrons. The van der Waals surface area contributed by atoms with Gasteiger partial charge in [-0.2, -0.15) is 0 Å². The summed E-state index contributed by atoms with van der Waals surface area (Å²) in [6.45, 7) is 0. The molecule has 10 aromatic rings. The molecule has 0 aliphatic heterocycles. The molecule has 0 aliphatic carbocycles. The fourth-order valence-corrected chi connectivity index (χ4v) is 7.23. The number of fused-ring (bicyclic) bond motifs is 7. The zero-order valence-corrected chi connectivity index (χ0v) is 26.5. The van der Waals surface area contributed by atoms with Crippen LogP contribution in [0.25, 0.3) is 88.0 Å². The van der Waals surface area contributed by atoms with Crippen molar-refractivity contribution in [2.75, 3.05) is 5.32 Å². The third-order valence-electron chi connectivity index (χ3n) is 9.68. The van der Waals surface area contributed by atoms with Gasteiger partial charge in [0.15, 0.2) is 0 Å². The minimum absolute atomic E-state index is 0.857. The molecule has 10 rings (SSSR count). The first-order valence-electron chi connectivity index (χ1n) is 16.6. The van der Waals surface area contributed by atoms with Crippen LogP contribution in [0.15, 0.2) is 179 Å². The Bertz CT molecular complexity index is 2840. The molecule has 3 nitrogen and oxygen atoms in total. The average molecular weight is 628 g/mol. The summed E-state index contributed by atoms with van der Waals surface area (Å²) in [5, 5.41) is 10.7. The van der Waals surface area contributed by atoms with Gasteiger partial charge in [-0.3, -0.25) is 0 Å². The Morgan fingerprint density at radius 2 is 0.939 bits per heavy atom. The van der Waals surface area contributed by atoms with Crippen molar-refractivity contribution < 1.29 is 8.83 Å². The minimum atomic E-state index is 0.857. The molecule has 0 fully saturated rings. The Labute approximate surface area is 282 Å². The number of furan rings is 2. The second-order valence-electron chi connectivity index (χ2n) is 12.6. The van der Waals surface area contributed by atoms with Gasteiger partial charge >= 0.3 is 0 Å². The van der Waals surface area contributed by atoms with E-state index in [4.69, 9.17) is 8.83 Å². The van der Waals surface area contributed by atoms with Gasteiger partial charge in [0, 0.05) is 21.8 Å². The Morgan fingerprint density at radius 1 is 0.347 bits per heavy atom. The van der Waals surface area contributed by atoms with E-state index in [-0.39, 0.29) is 0 Å². The molecule has 49 heavy (non-hydrogen) atoms. The van der Waals surface area contributed by atoms with E-state index < -0.39 is 0 Å². The molecule has 230 valence electrons. The first kappa shape index (κ1) is 27.5. The van der Waals surface area contributed by atoms with E-state index in [0.29, 0.717) is 0 Å². The highest BCUT2D eigenvalue weighted by Crippen LogP contribution is 2.41. The Balaban J connectivity index is 0.987. The average Bonchev–Trinajstić information content (AvgIpc) is 3.74. The molecule has 0 spiro atoms. The molecule has 0 saturated heterocycles. The standard InChI is InChI=1S/C46H29NO2/c1-2-8-33-27-34(20-17-29(33)7-1)30-15-18-32(19-16-30)37-10-5-13-42-45(37)46-40(11-6-14-43(46)49-42)47-36-24-21-31(22-25-36)35-23-26-39-38-9-3-4-12-41(38)48-44(39)28-35/h1-28,47H. The van der Waals surface area contributed by atoms with Crippen LogP contribution >= 0.6 is 0 Å². The molecular weight excluding hydrogens is 599 g/mol. The summed E-state index contributed by atoms with van der Waals surface area (Å²) in [6.07, 6.45) is 0. The van der Waals surface area contributed by atoms with Gasteiger partial charge in [-0.25, -0.2) is 0 Å². The number of hydrogen-bond donors (Lipinski definition) is 1. The molecule has 0 atom stereocenters. The predicted octanol–water partition coefficient (Wildman–Crippen LogP) is 13.4. The number of hydrogen-bond acceptors (Lipinski definition) is 3. The van der Waals surface area contributed by atoms with Crippen molar-refractivity contribution in [1.82, 2.24) is 0 Å². The highest BCUT2D eigenvalue weighted by molar-refractivity contribution is 6.17. The van der Waals surface area contributed by atoms with Gasteiger partial charge < -0.3 is 14.2 Å². The van der Waals surface area contributed by atoms with Crippen LogP contribution < -0.4 is 5.32 Å². The van der Waals surface area contributed by atoms with Gasteiger partial charge in [0.05, 0.1) is 11.1 Å². The predicted molar refractivity (Wildman–Crippen MR) is 205 cm³/mol. The topological polar surface area (TPSA) is 38.3 Å². The molecule has 0 unspecified atom stereocenters. The lowest BCUT2D eigenvalue weighted by molar-refractivity contribution is 0.668. The lowest BCUT2D eigenvalue weighted by Gasteiger charge is -2.11. The van der Waals surface area contributed by atoms with Gasteiger partial charge in [-0.15, -0.1) is 0 Å². The van der Waals surface area contributed by atoms with E-state index >= 15 is 0 Å². The zero-order chi connectivity index (χ0) is 32.3. The first-order chi connectivity index (χ1) is 24.2. The summed E-state index contributed by atoms with van der Waals surface area (Å²) in [6, 6.07) is 59.8. The Hall–Kier alpha value is -6.58. The summed E-state index contributed by atoms with van der Waals surface area (Å²) in [5.74, 6) is 0. The van der Waals surface area contributed by atoms with Crippen LogP contribution in [0.2, 0.25) is 0 Å². The normalized spacial score (nSPS) is 11.7. The van der Waals surface area contributed by atoms with Crippen LogP contribution in [0.5, 0.6) is 0 Å². The molecule has 0 saturated carbocycles. The fourth-order valence-electron chi connectivity index (χ4n) is 7.23. The van der Waals surface area contributed by atoms with E-state index in [1.54, 1.807) is 0 Å². The summed E-state index contributed by atoms with van der Waals surface area (Å²) in [4.78, 5) is 0. The second-order valence-corrected chi connectivity index (χ2v) is 12.6. The maximum Gasteiger partial charge on any atom is 0.137 e. The van der Waals surface area contributed by atoms with Crippen LogP contribution in [-0.2, 0) is 0 Å². The smallest absolute Gasteiger partial charge is 0.137 e. The second kappa shape index (κ2) is 11.0. The quantitative estimate of drug-likeness (QED) is 0.206. The van der Waals surface area contributed by atoms with Gasteiger partial charge in [0.1, 0.15) is 22.3 Å². The molecule has 0 amide bonds. The van der Waals surface area contributed by atoms with Gasteiger partial charge in [0.2, 0.25) is 0 Å². The van der Waals surface area contributed by atoms with Crippen molar-refractivity contribution in [1.29, 1.82) is 0 Å². The Morgan fingerprint density at radius 3 is 1.80 bits per heavy atom. The van der Waals surface area contributed by atoms with Crippen molar-refractivity contribution in [3.63, 3.8) is 0 Å². The summed E-state index contributed by atoms with van der Waals surface area (Å²) in [5.41, 5.74) is 12.5. The number of rotatable bonds is 5. The van der Waals surface area contributed by atoms with Crippen LogP contribution in [0, 0.1) is 0 Å². The molecule has 8 aromatic carbocycles. The molecule has 0 bridgehead atoms. The van der Waals surface area contributed by atoms with E-state index in [0.717, 1.165) is 77.5 Å². The maximum atomic E-state index is 6.41. The highest BCUT2D eigenvalue weighted by Gasteiger charge is 2.16. The van der Waals surface area contributed by atoms with Crippen molar-refractivity contribution in [2.45, 2.75) is 0 Å². The third-order valence-corrected chi connectivity index (χ3v) is 9.68. The van der Waals surface area contributed by atoms with Gasteiger partial charge in [-0.1, -0.05) is 115 Å². The van der Waals surface area contributed by atoms with E-state index in [9.17, 15) is 0 Å². The number of anilines is 2. The first-order valence-corrected chi connectivity index (χ1v) is 16.6. The lowest BCUT2D eigenvalue weighted by Crippen LogP contribution is -1.91. The van der Waals surface area contributed by atoms with Crippen molar-refractivity contribution >= 4 is 66.0 Å². The Kier molecular flexibility index (Phi) is 6.18. The van der Waals surface area contributed by atoms with Gasteiger partial charge in [-0.05, 0) is 98.8 Å². The summed E-state index contributed by atoms with van der Waals surface area (Å²) >= 11 is 0. The van der Waals surface area contributed by atoms with Crippen LogP contribution in [0.4, 0.5) is 11.4 Å². The fraction of sp³-hybridized carbons (Fsp3) is 0. The maximum absolute atomic E-state index is 6.41. The third kappa shape index (κ3) is 4.67. The largest absolute Gasteiger partial charge is 0.456 e.